The quantitative estimate of drug-likeness (QED) is 0.273. The van der Waals surface area contributed by atoms with Crippen LogP contribution in [0.1, 0.15) is 6.42 Å². The standard InChI is InChI=1S/C7H18O3SSi/c1-8-7(9-2)6-10-12-5-3-4-11/h7,11H,3-6,12H2,1-2H3. The lowest BCUT2D eigenvalue weighted by Gasteiger charge is -2.13. The maximum Gasteiger partial charge on any atom is 0.178 e. The van der Waals surface area contributed by atoms with Gasteiger partial charge in [0.25, 0.3) is 0 Å². The van der Waals surface area contributed by atoms with E-state index in [1.165, 1.54) is 6.04 Å². The summed E-state index contributed by atoms with van der Waals surface area (Å²) in [6, 6.07) is 1.18. The van der Waals surface area contributed by atoms with E-state index in [-0.39, 0.29) is 16.1 Å². The zero-order valence-electron chi connectivity index (χ0n) is 7.78. The summed E-state index contributed by atoms with van der Waals surface area (Å²) in [5.41, 5.74) is 0. The summed E-state index contributed by atoms with van der Waals surface area (Å²) >= 11 is 4.12. The van der Waals surface area contributed by atoms with Gasteiger partial charge in [-0.2, -0.15) is 12.6 Å². The van der Waals surface area contributed by atoms with Crippen LogP contribution in [0.2, 0.25) is 6.04 Å². The van der Waals surface area contributed by atoms with Crippen LogP contribution in [-0.4, -0.2) is 42.6 Å². The Morgan fingerprint density at radius 3 is 2.50 bits per heavy atom. The first kappa shape index (κ1) is 12.4. The molecule has 0 aromatic rings. The van der Waals surface area contributed by atoms with Crippen molar-refractivity contribution in [1.29, 1.82) is 0 Å². The summed E-state index contributed by atoms with van der Waals surface area (Å²) in [7, 11) is 2.87. The van der Waals surface area contributed by atoms with Gasteiger partial charge in [-0.1, -0.05) is 0 Å². The molecule has 0 saturated heterocycles. The highest BCUT2D eigenvalue weighted by Gasteiger charge is 2.03. The van der Waals surface area contributed by atoms with E-state index in [0.717, 1.165) is 12.2 Å². The third-order valence-electron chi connectivity index (χ3n) is 1.48. The number of ether oxygens (including phenoxy) is 2. The molecule has 0 radical (unpaired) electrons. The van der Waals surface area contributed by atoms with Gasteiger partial charge in [0.15, 0.2) is 16.1 Å². The minimum atomic E-state index is -0.370. The lowest BCUT2D eigenvalue weighted by atomic mass is 10.6. The summed E-state index contributed by atoms with van der Waals surface area (Å²) in [5.74, 6) is 0.953. The maximum absolute atomic E-state index is 5.43. The molecular weight excluding hydrogens is 192 g/mol. The Labute approximate surface area is 82.1 Å². The van der Waals surface area contributed by atoms with Gasteiger partial charge in [0.2, 0.25) is 0 Å². The third-order valence-corrected chi connectivity index (χ3v) is 3.11. The van der Waals surface area contributed by atoms with Gasteiger partial charge < -0.3 is 13.9 Å². The van der Waals surface area contributed by atoms with E-state index < -0.39 is 0 Å². The largest absolute Gasteiger partial charge is 0.419 e. The van der Waals surface area contributed by atoms with E-state index in [9.17, 15) is 0 Å². The van der Waals surface area contributed by atoms with Crippen molar-refractivity contribution >= 4 is 22.4 Å². The predicted molar refractivity (Wildman–Crippen MR) is 55.6 cm³/mol. The lowest BCUT2D eigenvalue weighted by molar-refractivity contribution is -0.121. The predicted octanol–water partition coefficient (Wildman–Crippen LogP) is 0.444. The fourth-order valence-corrected chi connectivity index (χ4v) is 2.39. The van der Waals surface area contributed by atoms with Crippen LogP contribution >= 0.6 is 12.6 Å². The SMILES string of the molecule is COC(CO[SiH2]CCCS)OC. The summed E-state index contributed by atoms with van der Waals surface area (Å²) in [5, 5.41) is 0. The smallest absolute Gasteiger partial charge is 0.178 e. The van der Waals surface area contributed by atoms with E-state index >= 15 is 0 Å². The van der Waals surface area contributed by atoms with Crippen LogP contribution in [0.15, 0.2) is 0 Å². The number of hydrogen-bond acceptors (Lipinski definition) is 4. The Morgan fingerprint density at radius 2 is 2.00 bits per heavy atom. The molecule has 0 aromatic carbocycles. The topological polar surface area (TPSA) is 27.7 Å². The molecule has 0 bridgehead atoms. The van der Waals surface area contributed by atoms with Gasteiger partial charge in [0.05, 0.1) is 6.61 Å². The first-order valence-electron chi connectivity index (χ1n) is 4.09. The van der Waals surface area contributed by atoms with Crippen molar-refractivity contribution in [3.8, 4) is 0 Å². The Balaban J connectivity index is 3.06. The number of thiol groups is 1. The van der Waals surface area contributed by atoms with Crippen LogP contribution in [0.5, 0.6) is 0 Å². The molecule has 0 spiro atoms. The van der Waals surface area contributed by atoms with Crippen molar-refractivity contribution in [3.05, 3.63) is 0 Å². The molecule has 0 aliphatic heterocycles. The average Bonchev–Trinajstić information content (AvgIpc) is 2.11. The fraction of sp³-hybridized carbons (Fsp3) is 1.00. The van der Waals surface area contributed by atoms with E-state index in [1.54, 1.807) is 14.2 Å². The molecule has 0 amide bonds. The molecule has 0 fully saturated rings. The van der Waals surface area contributed by atoms with E-state index in [1.807, 2.05) is 0 Å². The zero-order chi connectivity index (χ0) is 9.23. The molecule has 0 rings (SSSR count). The molecule has 0 atom stereocenters. The highest BCUT2D eigenvalue weighted by molar-refractivity contribution is 7.80. The minimum Gasteiger partial charge on any atom is -0.419 e. The second-order valence-electron chi connectivity index (χ2n) is 2.41. The zero-order valence-corrected chi connectivity index (χ0v) is 10.1. The Bertz CT molecular complexity index is 90.7. The van der Waals surface area contributed by atoms with Crippen molar-refractivity contribution in [2.75, 3.05) is 26.6 Å². The minimum absolute atomic E-state index is 0.200. The average molecular weight is 210 g/mol. The molecule has 74 valence electrons. The number of methoxy groups -OCH3 is 2. The molecule has 3 nitrogen and oxygen atoms in total. The van der Waals surface area contributed by atoms with E-state index in [0.29, 0.717) is 6.61 Å². The van der Waals surface area contributed by atoms with Crippen LogP contribution in [-0.2, 0) is 13.9 Å². The van der Waals surface area contributed by atoms with Crippen LogP contribution in [0, 0.1) is 0 Å². The van der Waals surface area contributed by atoms with Crippen molar-refractivity contribution in [1.82, 2.24) is 0 Å². The molecule has 0 saturated carbocycles. The van der Waals surface area contributed by atoms with Crippen LogP contribution in [0.3, 0.4) is 0 Å². The second kappa shape index (κ2) is 9.53. The molecular formula is C7H18O3SSi. The van der Waals surface area contributed by atoms with Crippen LogP contribution in [0.25, 0.3) is 0 Å². The van der Waals surface area contributed by atoms with Crippen LogP contribution in [0.4, 0.5) is 0 Å². The van der Waals surface area contributed by atoms with Crippen molar-refractivity contribution < 1.29 is 13.9 Å². The van der Waals surface area contributed by atoms with Crippen molar-refractivity contribution in [2.24, 2.45) is 0 Å². The summed E-state index contributed by atoms with van der Waals surface area (Å²) < 4.78 is 15.4. The third kappa shape index (κ3) is 7.12. The molecule has 0 aromatic heterocycles. The van der Waals surface area contributed by atoms with Crippen molar-refractivity contribution in [3.63, 3.8) is 0 Å². The van der Waals surface area contributed by atoms with Gasteiger partial charge in [-0.3, -0.25) is 0 Å². The highest BCUT2D eigenvalue weighted by Crippen LogP contribution is 1.95. The molecule has 0 aliphatic rings. The van der Waals surface area contributed by atoms with Gasteiger partial charge >= 0.3 is 0 Å². The molecule has 5 heteroatoms. The fourth-order valence-electron chi connectivity index (χ4n) is 0.728. The van der Waals surface area contributed by atoms with Gasteiger partial charge in [0, 0.05) is 14.2 Å². The Kier molecular flexibility index (Phi) is 9.89. The summed E-state index contributed by atoms with van der Waals surface area (Å²) in [6.07, 6.45) is 0.952. The second-order valence-corrected chi connectivity index (χ2v) is 4.38. The van der Waals surface area contributed by atoms with Gasteiger partial charge in [0.1, 0.15) is 0 Å². The van der Waals surface area contributed by atoms with E-state index in [2.05, 4.69) is 12.6 Å². The Hall–Kier alpha value is 0.447. The van der Waals surface area contributed by atoms with Crippen molar-refractivity contribution in [2.45, 2.75) is 18.8 Å². The van der Waals surface area contributed by atoms with Crippen LogP contribution < -0.4 is 0 Å². The first-order chi connectivity index (χ1) is 5.85. The molecule has 0 aliphatic carbocycles. The highest BCUT2D eigenvalue weighted by atomic mass is 32.1. The Morgan fingerprint density at radius 1 is 1.33 bits per heavy atom. The number of hydrogen-bond donors (Lipinski definition) is 1. The van der Waals surface area contributed by atoms with Gasteiger partial charge in [-0.05, 0) is 18.2 Å². The monoisotopic (exact) mass is 210 g/mol. The molecule has 0 unspecified atom stereocenters. The van der Waals surface area contributed by atoms with Gasteiger partial charge in [-0.15, -0.1) is 0 Å². The van der Waals surface area contributed by atoms with E-state index in [4.69, 9.17) is 13.9 Å². The normalized spacial score (nSPS) is 12.0. The first-order valence-corrected chi connectivity index (χ1v) is 6.30. The maximum atomic E-state index is 5.43. The number of rotatable bonds is 8. The molecule has 12 heavy (non-hydrogen) atoms. The molecule has 0 heterocycles. The summed E-state index contributed by atoms with van der Waals surface area (Å²) in [6.45, 7) is 0.561. The molecule has 0 N–H and O–H groups in total. The van der Waals surface area contributed by atoms with Gasteiger partial charge in [-0.25, -0.2) is 0 Å². The summed E-state index contributed by atoms with van der Waals surface area (Å²) in [4.78, 5) is 0. The lowest BCUT2D eigenvalue weighted by Crippen LogP contribution is -2.21.